The van der Waals surface area contributed by atoms with Crippen molar-refractivity contribution < 1.29 is 32.2 Å². The molecule has 0 aromatic heterocycles. The zero-order chi connectivity index (χ0) is 23.8. The number of halogens is 1. The van der Waals surface area contributed by atoms with Crippen molar-refractivity contribution in [3.63, 3.8) is 0 Å². The molecule has 176 valence electrons. The van der Waals surface area contributed by atoms with Gasteiger partial charge in [-0.3, -0.25) is 9.59 Å². The van der Waals surface area contributed by atoms with Crippen molar-refractivity contribution in [2.75, 3.05) is 31.8 Å². The summed E-state index contributed by atoms with van der Waals surface area (Å²) in [5.74, 6) is -1.52. The molecule has 1 N–H and O–H groups in total. The first kappa shape index (κ1) is 23.5. The molecule has 0 aliphatic carbocycles. The van der Waals surface area contributed by atoms with Gasteiger partial charge in [-0.25, -0.2) is 12.8 Å². The monoisotopic (exact) mass is 475 g/mol. The number of carbonyl (C=O) groups excluding carboxylic acids is 2. The summed E-state index contributed by atoms with van der Waals surface area (Å²) in [5, 5.41) is 8.93. The predicted octanol–water partition coefficient (Wildman–Crippen LogP) is 2.22. The first-order valence-corrected chi connectivity index (χ1v) is 12.1. The summed E-state index contributed by atoms with van der Waals surface area (Å²) >= 11 is 0. The largest absolute Gasteiger partial charge is 0.393 e. The second kappa shape index (κ2) is 9.30. The van der Waals surface area contributed by atoms with E-state index < -0.39 is 34.5 Å². The fraction of sp³-hybridized carbons (Fsp3) is 0.391. The Hall–Kier alpha value is -2.66. The number of rotatable bonds is 8. The number of nitrogens with zero attached hydrogens (tertiary/aromatic N) is 2. The Morgan fingerprint density at radius 1 is 1.18 bits per heavy atom. The van der Waals surface area contributed by atoms with Crippen LogP contribution in [0.2, 0.25) is 0 Å². The van der Waals surface area contributed by atoms with Crippen molar-refractivity contribution in [2.45, 2.75) is 36.5 Å². The molecule has 1 amide bonds. The first-order chi connectivity index (χ1) is 15.8. The van der Waals surface area contributed by atoms with Gasteiger partial charge in [0.2, 0.25) is 10.0 Å². The first-order valence-electron chi connectivity index (χ1n) is 10.6. The highest BCUT2D eigenvalue weighted by Gasteiger charge is 2.39. The molecular weight excluding hydrogens is 450 g/mol. The van der Waals surface area contributed by atoms with Crippen LogP contribution in [0.3, 0.4) is 0 Å². The van der Waals surface area contributed by atoms with Gasteiger partial charge in [-0.05, 0) is 42.2 Å². The lowest BCUT2D eigenvalue weighted by atomic mass is 10.1. The molecule has 1 unspecified atom stereocenters. The topological polar surface area (TPSA) is 104 Å². The lowest BCUT2D eigenvalue weighted by Gasteiger charge is -2.24. The Morgan fingerprint density at radius 2 is 1.91 bits per heavy atom. The average Bonchev–Trinajstić information content (AvgIpc) is 3.38. The van der Waals surface area contributed by atoms with Crippen molar-refractivity contribution in [3.8, 4) is 0 Å². The van der Waals surface area contributed by atoms with Crippen LogP contribution in [0.25, 0.3) is 0 Å². The molecule has 2 heterocycles. The van der Waals surface area contributed by atoms with Gasteiger partial charge in [-0.15, -0.1) is 0 Å². The zero-order valence-electron chi connectivity index (χ0n) is 18.1. The van der Waals surface area contributed by atoms with E-state index in [0.717, 1.165) is 6.42 Å². The number of sulfonamides is 1. The Bertz CT molecular complexity index is 1170. The van der Waals surface area contributed by atoms with E-state index in [9.17, 15) is 22.4 Å². The van der Waals surface area contributed by atoms with Crippen LogP contribution in [0.4, 0.5) is 10.1 Å². The molecule has 0 saturated carbocycles. The maximum Gasteiger partial charge on any atom is 0.299 e. The van der Waals surface area contributed by atoms with E-state index in [-0.39, 0.29) is 29.7 Å². The molecular formula is C23H25FN2O6S. The molecule has 1 fully saturated rings. The van der Waals surface area contributed by atoms with Crippen LogP contribution >= 0.6 is 0 Å². The van der Waals surface area contributed by atoms with E-state index in [4.69, 9.17) is 9.84 Å². The molecule has 2 atom stereocenters. The van der Waals surface area contributed by atoms with E-state index in [1.807, 2.05) is 0 Å². The van der Waals surface area contributed by atoms with Crippen LogP contribution in [-0.2, 0) is 26.1 Å². The molecule has 8 nitrogen and oxygen atoms in total. The second-order valence-electron chi connectivity index (χ2n) is 8.16. The minimum Gasteiger partial charge on any atom is -0.393 e. The maximum absolute atomic E-state index is 13.6. The quantitative estimate of drug-likeness (QED) is 0.587. The highest BCUT2D eigenvalue weighted by molar-refractivity contribution is 7.89. The Kier molecular flexibility index (Phi) is 6.62. The van der Waals surface area contributed by atoms with Crippen LogP contribution in [-0.4, -0.2) is 62.4 Å². The van der Waals surface area contributed by atoms with Crippen molar-refractivity contribution in [3.05, 3.63) is 59.2 Å². The molecule has 4 rings (SSSR count). The number of aliphatic hydroxyl groups excluding tert-OH is 1. The Balaban J connectivity index is 1.60. The predicted molar refractivity (Wildman–Crippen MR) is 118 cm³/mol. The molecule has 2 aliphatic heterocycles. The number of methoxy groups -OCH3 is 1. The number of Topliss-reactive ketones (excluding diaryl/α,β-unsaturated/α-hetero) is 1. The molecule has 0 spiro atoms. The molecule has 2 aromatic rings. The standard InChI is InChI=1S/C23H25FN2O6S/c1-32-14-17-3-2-10-26(17)33(30,31)18-8-9-21-19(11-18)22(28)23(29)25(21)12-15-4-6-16(7-5-15)20(24)13-27/h4-9,11,17,20,27H,2-3,10,12-14H2,1H3/t17-,20?/m0/s1/i24-1. The van der Waals surface area contributed by atoms with Gasteiger partial charge in [0, 0.05) is 19.7 Å². The third kappa shape index (κ3) is 4.31. The second-order valence-corrected chi connectivity index (χ2v) is 10.0. The summed E-state index contributed by atoms with van der Waals surface area (Å²) in [6.45, 7) is 0.108. The number of amides is 1. The van der Waals surface area contributed by atoms with Gasteiger partial charge in [-0.1, -0.05) is 24.3 Å². The van der Waals surface area contributed by atoms with Gasteiger partial charge in [-0.2, -0.15) is 4.31 Å². The van der Waals surface area contributed by atoms with E-state index >= 15 is 0 Å². The summed E-state index contributed by atoms with van der Waals surface area (Å²) < 4.78 is 46.6. The van der Waals surface area contributed by atoms with E-state index in [1.165, 1.54) is 46.6 Å². The molecule has 33 heavy (non-hydrogen) atoms. The highest BCUT2D eigenvalue weighted by atomic mass is 32.2. The van der Waals surface area contributed by atoms with E-state index in [2.05, 4.69) is 0 Å². The number of anilines is 1. The highest BCUT2D eigenvalue weighted by Crippen LogP contribution is 2.34. The minimum atomic E-state index is -3.85. The van der Waals surface area contributed by atoms with Crippen molar-refractivity contribution in [2.24, 2.45) is 0 Å². The summed E-state index contributed by atoms with van der Waals surface area (Å²) in [6, 6.07) is 10.2. The number of alkyl halides is 1. The fourth-order valence-corrected chi connectivity index (χ4v) is 6.04. The van der Waals surface area contributed by atoms with Gasteiger partial charge >= 0.3 is 0 Å². The van der Waals surface area contributed by atoms with Crippen LogP contribution < -0.4 is 4.90 Å². The van der Waals surface area contributed by atoms with Gasteiger partial charge < -0.3 is 14.7 Å². The number of ether oxygens (including phenoxy) is 1. The van der Waals surface area contributed by atoms with Gasteiger partial charge in [0.25, 0.3) is 11.7 Å². The average molecular weight is 476 g/mol. The fourth-order valence-electron chi connectivity index (χ4n) is 4.34. The maximum atomic E-state index is 13.6. The summed E-state index contributed by atoms with van der Waals surface area (Å²) in [6.07, 6.45) is -0.0677. The van der Waals surface area contributed by atoms with Gasteiger partial charge in [0.1, 0.15) is 6.17 Å². The Labute approximate surface area is 191 Å². The van der Waals surface area contributed by atoms with Crippen molar-refractivity contribution >= 4 is 27.4 Å². The Morgan fingerprint density at radius 3 is 2.58 bits per heavy atom. The summed E-state index contributed by atoms with van der Waals surface area (Å²) in [4.78, 5) is 26.5. The molecule has 10 heteroatoms. The summed E-state index contributed by atoms with van der Waals surface area (Å²) in [5.41, 5.74) is 1.36. The van der Waals surface area contributed by atoms with Crippen LogP contribution in [0, 0.1) is 0 Å². The third-order valence-corrected chi connectivity index (χ3v) is 8.02. The molecule has 2 aromatic carbocycles. The van der Waals surface area contributed by atoms with Gasteiger partial charge in [0.15, 0.2) is 0 Å². The van der Waals surface area contributed by atoms with E-state index in [0.29, 0.717) is 29.8 Å². The summed E-state index contributed by atoms with van der Waals surface area (Å²) in [7, 11) is -2.33. The molecule has 0 bridgehead atoms. The number of hydrogen-bond donors (Lipinski definition) is 1. The zero-order valence-corrected chi connectivity index (χ0v) is 18.9. The van der Waals surface area contributed by atoms with Crippen LogP contribution in [0.1, 0.15) is 40.5 Å². The molecule has 1 saturated heterocycles. The molecule has 2 aliphatic rings. The number of carbonyl (C=O) groups is 2. The lowest BCUT2D eigenvalue weighted by molar-refractivity contribution is -0.114. The number of fused-ring (bicyclic) bond motifs is 1. The number of hydrogen-bond acceptors (Lipinski definition) is 6. The van der Waals surface area contributed by atoms with Crippen LogP contribution in [0.15, 0.2) is 47.4 Å². The van der Waals surface area contributed by atoms with Crippen molar-refractivity contribution in [1.82, 2.24) is 4.31 Å². The number of aliphatic hydroxyl groups is 1. The number of ketones is 1. The van der Waals surface area contributed by atoms with Gasteiger partial charge in [0.05, 0.1) is 35.9 Å². The van der Waals surface area contributed by atoms with Crippen LogP contribution in [0.5, 0.6) is 0 Å². The lowest BCUT2D eigenvalue weighted by Crippen LogP contribution is -2.38. The number of benzene rings is 2. The normalized spacial score (nSPS) is 19.8. The van der Waals surface area contributed by atoms with Crippen molar-refractivity contribution in [1.29, 1.82) is 0 Å². The third-order valence-electron chi connectivity index (χ3n) is 6.07. The SMILES string of the molecule is COC[C@@H]1CCCN1S(=O)(=O)c1ccc2c(c1)C(=O)C(=O)N2Cc1ccc(C([18F])CO)cc1. The van der Waals surface area contributed by atoms with E-state index in [1.54, 1.807) is 12.1 Å². The minimum absolute atomic E-state index is 0.0328. The smallest absolute Gasteiger partial charge is 0.299 e. The molecule has 0 radical (unpaired) electrons.